The van der Waals surface area contributed by atoms with Crippen LogP contribution in [0.5, 0.6) is 0 Å². The Balaban J connectivity index is 1.79. The summed E-state index contributed by atoms with van der Waals surface area (Å²) in [6.07, 6.45) is 8.28. The highest BCUT2D eigenvalue weighted by atomic mass is 16.1. The lowest BCUT2D eigenvalue weighted by molar-refractivity contribution is -0.121. The molecule has 3 rings (SSSR count). The fourth-order valence-corrected chi connectivity index (χ4v) is 4.77. The van der Waals surface area contributed by atoms with E-state index in [1.54, 1.807) is 6.92 Å². The summed E-state index contributed by atoms with van der Waals surface area (Å²) >= 11 is 0. The smallest absolute Gasteiger partial charge is 0.146 e. The first-order chi connectivity index (χ1) is 7.68. The second-order valence-electron chi connectivity index (χ2n) is 6.20. The molecule has 2 nitrogen and oxygen atoms in total. The molecule has 0 bridgehead atoms. The molecule has 1 aliphatic heterocycles. The van der Waals surface area contributed by atoms with Gasteiger partial charge in [0.2, 0.25) is 0 Å². The Morgan fingerprint density at radius 1 is 1.12 bits per heavy atom. The lowest BCUT2D eigenvalue weighted by Gasteiger charge is -2.29. The summed E-state index contributed by atoms with van der Waals surface area (Å²) in [6.45, 7) is 1.76. The van der Waals surface area contributed by atoms with Gasteiger partial charge in [-0.3, -0.25) is 9.69 Å². The molecule has 0 aromatic heterocycles. The number of nitrogens with zero attached hydrogens (tertiary/aromatic N) is 1. The molecule has 1 saturated heterocycles. The van der Waals surface area contributed by atoms with Gasteiger partial charge in [-0.25, -0.2) is 0 Å². The van der Waals surface area contributed by atoms with E-state index in [1.807, 2.05) is 0 Å². The van der Waals surface area contributed by atoms with Crippen molar-refractivity contribution in [1.82, 2.24) is 4.90 Å². The Labute approximate surface area is 98.4 Å². The summed E-state index contributed by atoms with van der Waals surface area (Å²) in [7, 11) is 2.17. The first-order valence-corrected chi connectivity index (χ1v) is 6.91. The Morgan fingerprint density at radius 3 is 2.62 bits per heavy atom. The van der Waals surface area contributed by atoms with Crippen molar-refractivity contribution in [3.63, 3.8) is 0 Å². The SMILES string of the molecule is CC(=O)C1CC2C3CCCCC3CC2N1C. The Kier molecular flexibility index (Phi) is 2.58. The van der Waals surface area contributed by atoms with Crippen molar-refractivity contribution in [2.45, 2.75) is 57.5 Å². The molecule has 0 aromatic carbocycles. The molecule has 5 unspecified atom stereocenters. The van der Waals surface area contributed by atoms with Crippen LogP contribution in [-0.2, 0) is 4.79 Å². The molecule has 16 heavy (non-hydrogen) atoms. The maximum absolute atomic E-state index is 11.6. The van der Waals surface area contributed by atoms with E-state index in [-0.39, 0.29) is 6.04 Å². The maximum atomic E-state index is 11.6. The van der Waals surface area contributed by atoms with E-state index in [1.165, 1.54) is 32.1 Å². The summed E-state index contributed by atoms with van der Waals surface area (Å²) in [5.41, 5.74) is 0. The number of fused-ring (bicyclic) bond motifs is 3. The van der Waals surface area contributed by atoms with Crippen LogP contribution in [0.2, 0.25) is 0 Å². The molecule has 2 saturated carbocycles. The standard InChI is InChI=1S/C14H23NO/c1-9(16)13-8-12-11-6-4-3-5-10(11)7-14(12)15(13)2/h10-14H,3-8H2,1-2H3. The molecule has 0 amide bonds. The minimum atomic E-state index is 0.234. The Bertz CT molecular complexity index is 301. The summed E-state index contributed by atoms with van der Waals surface area (Å²) in [6, 6.07) is 0.958. The fraction of sp³-hybridized carbons (Fsp3) is 0.929. The molecular formula is C14H23NO. The number of rotatable bonds is 1. The van der Waals surface area contributed by atoms with Crippen molar-refractivity contribution in [3.05, 3.63) is 0 Å². The van der Waals surface area contributed by atoms with Crippen LogP contribution in [0, 0.1) is 17.8 Å². The summed E-state index contributed by atoms with van der Waals surface area (Å²) in [4.78, 5) is 14.0. The van der Waals surface area contributed by atoms with Gasteiger partial charge in [0, 0.05) is 6.04 Å². The molecular weight excluding hydrogens is 198 g/mol. The minimum Gasteiger partial charge on any atom is -0.298 e. The normalized spacial score (nSPS) is 47.8. The van der Waals surface area contributed by atoms with Gasteiger partial charge in [-0.15, -0.1) is 0 Å². The largest absolute Gasteiger partial charge is 0.298 e. The third-order valence-electron chi connectivity index (χ3n) is 5.54. The van der Waals surface area contributed by atoms with Gasteiger partial charge in [-0.05, 0) is 51.0 Å². The van der Waals surface area contributed by atoms with Gasteiger partial charge in [0.15, 0.2) is 0 Å². The van der Waals surface area contributed by atoms with Crippen LogP contribution in [0.25, 0.3) is 0 Å². The molecule has 0 N–H and O–H groups in total. The molecule has 5 atom stereocenters. The predicted molar refractivity (Wildman–Crippen MR) is 64.2 cm³/mol. The Hall–Kier alpha value is -0.370. The topological polar surface area (TPSA) is 20.3 Å². The fourth-order valence-electron chi connectivity index (χ4n) is 4.77. The van der Waals surface area contributed by atoms with Crippen molar-refractivity contribution < 1.29 is 4.79 Å². The van der Waals surface area contributed by atoms with E-state index in [2.05, 4.69) is 11.9 Å². The van der Waals surface area contributed by atoms with Crippen LogP contribution in [0.4, 0.5) is 0 Å². The van der Waals surface area contributed by atoms with Crippen molar-refractivity contribution >= 4 is 5.78 Å². The van der Waals surface area contributed by atoms with E-state index in [4.69, 9.17) is 0 Å². The van der Waals surface area contributed by atoms with E-state index >= 15 is 0 Å². The third-order valence-corrected chi connectivity index (χ3v) is 5.54. The molecule has 3 aliphatic rings. The average Bonchev–Trinajstić information content (AvgIpc) is 2.76. The first-order valence-electron chi connectivity index (χ1n) is 6.91. The zero-order valence-corrected chi connectivity index (χ0v) is 10.5. The molecule has 90 valence electrons. The van der Waals surface area contributed by atoms with Crippen molar-refractivity contribution in [1.29, 1.82) is 0 Å². The summed E-state index contributed by atoms with van der Waals surface area (Å²) in [5, 5.41) is 0. The molecule has 1 heterocycles. The zero-order valence-electron chi connectivity index (χ0n) is 10.5. The highest BCUT2D eigenvalue weighted by molar-refractivity contribution is 5.81. The highest BCUT2D eigenvalue weighted by Gasteiger charge is 2.52. The second kappa shape index (κ2) is 3.83. The third kappa shape index (κ3) is 1.46. The number of likely N-dealkylation sites (tertiary alicyclic amines) is 1. The quantitative estimate of drug-likeness (QED) is 0.678. The number of ketones is 1. The molecule has 2 heteroatoms. The summed E-state index contributed by atoms with van der Waals surface area (Å²) < 4.78 is 0. The van der Waals surface area contributed by atoms with Crippen molar-refractivity contribution in [2.24, 2.45) is 17.8 Å². The van der Waals surface area contributed by atoms with Crippen LogP contribution in [0.1, 0.15) is 45.4 Å². The zero-order chi connectivity index (χ0) is 11.3. The van der Waals surface area contributed by atoms with Gasteiger partial charge in [0.25, 0.3) is 0 Å². The van der Waals surface area contributed by atoms with Crippen LogP contribution >= 0.6 is 0 Å². The Morgan fingerprint density at radius 2 is 1.88 bits per heavy atom. The number of hydrogen-bond donors (Lipinski definition) is 0. The van der Waals surface area contributed by atoms with E-state index < -0.39 is 0 Å². The molecule has 2 aliphatic carbocycles. The average molecular weight is 221 g/mol. The van der Waals surface area contributed by atoms with Crippen LogP contribution in [0.15, 0.2) is 0 Å². The van der Waals surface area contributed by atoms with E-state index in [9.17, 15) is 4.79 Å². The van der Waals surface area contributed by atoms with Crippen molar-refractivity contribution in [3.8, 4) is 0 Å². The predicted octanol–water partition coefficient (Wildman–Crippen LogP) is 2.47. The van der Waals surface area contributed by atoms with E-state index in [0.717, 1.165) is 30.2 Å². The molecule has 0 spiro atoms. The number of hydrogen-bond acceptors (Lipinski definition) is 2. The molecule has 3 fully saturated rings. The van der Waals surface area contributed by atoms with Gasteiger partial charge in [0.05, 0.1) is 6.04 Å². The monoisotopic (exact) mass is 221 g/mol. The van der Waals surface area contributed by atoms with Crippen LogP contribution < -0.4 is 0 Å². The van der Waals surface area contributed by atoms with E-state index in [0.29, 0.717) is 5.78 Å². The lowest BCUT2D eigenvalue weighted by Crippen LogP contribution is -2.36. The van der Waals surface area contributed by atoms with Gasteiger partial charge in [0.1, 0.15) is 5.78 Å². The number of carbonyl (C=O) groups is 1. The van der Waals surface area contributed by atoms with Crippen LogP contribution in [-0.4, -0.2) is 29.8 Å². The van der Waals surface area contributed by atoms with Gasteiger partial charge < -0.3 is 0 Å². The number of likely N-dealkylation sites (N-methyl/N-ethyl adjacent to an activating group) is 1. The van der Waals surface area contributed by atoms with Crippen molar-refractivity contribution in [2.75, 3.05) is 7.05 Å². The highest BCUT2D eigenvalue weighted by Crippen LogP contribution is 2.52. The van der Waals surface area contributed by atoms with Crippen LogP contribution in [0.3, 0.4) is 0 Å². The number of Topliss-reactive ketones (excluding diaryl/α,β-unsaturated/α-hetero) is 1. The molecule has 0 radical (unpaired) electrons. The summed E-state index contributed by atoms with van der Waals surface area (Å²) in [5.74, 6) is 3.15. The van der Waals surface area contributed by atoms with Gasteiger partial charge in [-0.1, -0.05) is 19.3 Å². The lowest BCUT2D eigenvalue weighted by atomic mass is 9.77. The molecule has 0 aromatic rings. The van der Waals surface area contributed by atoms with Gasteiger partial charge in [-0.2, -0.15) is 0 Å². The minimum absolute atomic E-state index is 0.234. The maximum Gasteiger partial charge on any atom is 0.146 e. The second-order valence-corrected chi connectivity index (χ2v) is 6.20. The number of carbonyl (C=O) groups excluding carboxylic acids is 1. The van der Waals surface area contributed by atoms with Gasteiger partial charge >= 0.3 is 0 Å². The first kappa shape index (κ1) is 10.8.